The Balaban J connectivity index is 3.11. The lowest BCUT2D eigenvalue weighted by Crippen LogP contribution is -2.17. The molecule has 0 aliphatic heterocycles. The molecule has 0 saturated carbocycles. The Bertz CT molecular complexity index is 530. The number of hydrogen-bond acceptors (Lipinski definition) is 5. The van der Waals surface area contributed by atoms with E-state index in [2.05, 4.69) is 15.9 Å². The molecular weight excluding hydrogens is 312 g/mol. The van der Waals surface area contributed by atoms with Gasteiger partial charge in [-0.2, -0.15) is 0 Å². The molecule has 1 aromatic carbocycles. The molecule has 0 fully saturated rings. The van der Waals surface area contributed by atoms with Crippen LogP contribution in [0.3, 0.4) is 0 Å². The molecule has 0 aliphatic carbocycles. The van der Waals surface area contributed by atoms with Crippen LogP contribution in [0.5, 0.6) is 0 Å². The second-order valence-electron chi connectivity index (χ2n) is 3.41. The SMILES string of the molecule is NCCS(=O)(=O)Cc1ccc(Br)cc1[N+](=O)[O-]. The van der Waals surface area contributed by atoms with E-state index in [4.69, 9.17) is 5.73 Å². The highest BCUT2D eigenvalue weighted by atomic mass is 79.9. The molecular formula is C9H11BrN2O4S. The van der Waals surface area contributed by atoms with E-state index in [1.54, 1.807) is 6.07 Å². The number of halogens is 1. The average Bonchev–Trinajstić information content (AvgIpc) is 2.20. The molecule has 0 amide bonds. The van der Waals surface area contributed by atoms with Crippen LogP contribution in [0.4, 0.5) is 5.69 Å². The summed E-state index contributed by atoms with van der Waals surface area (Å²) in [5.74, 6) is -0.548. The zero-order valence-corrected chi connectivity index (χ0v) is 11.2. The molecule has 8 heteroatoms. The molecule has 1 aromatic rings. The van der Waals surface area contributed by atoms with Crippen molar-refractivity contribution in [1.82, 2.24) is 0 Å². The van der Waals surface area contributed by atoms with Crippen LogP contribution in [0.2, 0.25) is 0 Å². The normalized spacial score (nSPS) is 11.4. The van der Waals surface area contributed by atoms with Crippen molar-refractivity contribution in [3.05, 3.63) is 38.3 Å². The van der Waals surface area contributed by atoms with Crippen molar-refractivity contribution in [1.29, 1.82) is 0 Å². The van der Waals surface area contributed by atoms with Crippen molar-refractivity contribution in [2.24, 2.45) is 5.73 Å². The van der Waals surface area contributed by atoms with Gasteiger partial charge in [-0.3, -0.25) is 10.1 Å². The number of nitro groups is 1. The first kappa shape index (κ1) is 14.1. The monoisotopic (exact) mass is 322 g/mol. The van der Waals surface area contributed by atoms with Crippen molar-refractivity contribution in [3.63, 3.8) is 0 Å². The van der Waals surface area contributed by atoms with Gasteiger partial charge in [0.2, 0.25) is 0 Å². The summed E-state index contributed by atoms with van der Waals surface area (Å²) in [6, 6.07) is 4.28. The average molecular weight is 323 g/mol. The molecule has 0 heterocycles. The topological polar surface area (TPSA) is 103 Å². The quantitative estimate of drug-likeness (QED) is 0.648. The summed E-state index contributed by atoms with van der Waals surface area (Å²) in [6.45, 7) is 0.00661. The van der Waals surface area contributed by atoms with E-state index in [1.165, 1.54) is 12.1 Å². The predicted molar refractivity (Wildman–Crippen MR) is 67.3 cm³/mol. The number of benzene rings is 1. The summed E-state index contributed by atoms with van der Waals surface area (Å²) in [4.78, 5) is 10.2. The first-order chi connectivity index (χ1) is 7.85. The smallest absolute Gasteiger partial charge is 0.274 e. The second-order valence-corrected chi connectivity index (χ2v) is 6.51. The maximum atomic E-state index is 11.5. The minimum Gasteiger partial charge on any atom is -0.329 e. The summed E-state index contributed by atoms with van der Waals surface area (Å²) in [5, 5.41) is 10.8. The molecule has 0 spiro atoms. The molecule has 0 radical (unpaired) electrons. The van der Waals surface area contributed by atoms with Gasteiger partial charge in [0.25, 0.3) is 5.69 Å². The minimum atomic E-state index is -3.40. The van der Waals surface area contributed by atoms with Gasteiger partial charge in [0.05, 0.1) is 16.4 Å². The third-order valence-corrected chi connectivity index (χ3v) is 4.15. The fraction of sp³-hybridized carbons (Fsp3) is 0.333. The summed E-state index contributed by atoms with van der Waals surface area (Å²) in [6.07, 6.45) is 0. The van der Waals surface area contributed by atoms with E-state index in [9.17, 15) is 18.5 Å². The highest BCUT2D eigenvalue weighted by molar-refractivity contribution is 9.10. The van der Waals surface area contributed by atoms with Crippen LogP contribution in [0.25, 0.3) is 0 Å². The second kappa shape index (κ2) is 5.56. The van der Waals surface area contributed by atoms with Crippen LogP contribution in [0.1, 0.15) is 5.56 Å². The number of nitrogens with zero attached hydrogens (tertiary/aromatic N) is 1. The molecule has 6 nitrogen and oxygen atoms in total. The number of nitrogens with two attached hydrogens (primary N) is 1. The van der Waals surface area contributed by atoms with E-state index in [0.29, 0.717) is 4.47 Å². The molecule has 0 aliphatic rings. The first-order valence-electron chi connectivity index (χ1n) is 4.69. The Hall–Kier alpha value is -0.990. The van der Waals surface area contributed by atoms with Crippen molar-refractivity contribution >= 4 is 31.5 Å². The number of nitro benzene ring substituents is 1. The fourth-order valence-electron chi connectivity index (χ4n) is 1.32. The van der Waals surface area contributed by atoms with Gasteiger partial charge in [0, 0.05) is 22.6 Å². The molecule has 0 aromatic heterocycles. The van der Waals surface area contributed by atoms with E-state index in [0.717, 1.165) is 0 Å². The van der Waals surface area contributed by atoms with Gasteiger partial charge in [-0.25, -0.2) is 8.42 Å². The Morgan fingerprint density at radius 2 is 2.06 bits per heavy atom. The lowest BCUT2D eigenvalue weighted by molar-refractivity contribution is -0.385. The van der Waals surface area contributed by atoms with Gasteiger partial charge in [0.1, 0.15) is 0 Å². The zero-order valence-electron chi connectivity index (χ0n) is 8.80. The maximum Gasteiger partial charge on any atom is 0.274 e. The number of rotatable bonds is 5. The van der Waals surface area contributed by atoms with E-state index in [-0.39, 0.29) is 29.3 Å². The Labute approximate surface area is 107 Å². The Kier molecular flexibility index (Phi) is 4.61. The Morgan fingerprint density at radius 1 is 1.41 bits per heavy atom. The summed E-state index contributed by atoms with van der Waals surface area (Å²) >= 11 is 3.10. The van der Waals surface area contributed by atoms with Crippen LogP contribution in [0.15, 0.2) is 22.7 Å². The van der Waals surface area contributed by atoms with E-state index >= 15 is 0 Å². The molecule has 2 N–H and O–H groups in total. The lowest BCUT2D eigenvalue weighted by Gasteiger charge is -2.04. The predicted octanol–water partition coefficient (Wildman–Crippen LogP) is 1.23. The van der Waals surface area contributed by atoms with E-state index < -0.39 is 14.8 Å². The standard InChI is InChI=1S/C9H11BrN2O4S/c10-8-2-1-7(9(5-8)12(13)14)6-17(15,16)4-3-11/h1-2,5H,3-4,6,11H2. The molecule has 94 valence electrons. The number of hydrogen-bond donors (Lipinski definition) is 1. The summed E-state index contributed by atoms with van der Waals surface area (Å²) in [5.41, 5.74) is 5.13. The molecule has 0 atom stereocenters. The highest BCUT2D eigenvalue weighted by Gasteiger charge is 2.20. The van der Waals surface area contributed by atoms with Crippen LogP contribution < -0.4 is 5.73 Å². The summed E-state index contributed by atoms with van der Waals surface area (Å²) < 4.78 is 23.6. The zero-order chi connectivity index (χ0) is 13.1. The van der Waals surface area contributed by atoms with E-state index in [1.807, 2.05) is 0 Å². The van der Waals surface area contributed by atoms with Crippen molar-refractivity contribution in [3.8, 4) is 0 Å². The molecule has 1 rings (SSSR count). The molecule has 0 bridgehead atoms. The van der Waals surface area contributed by atoms with Crippen LogP contribution in [-0.2, 0) is 15.6 Å². The van der Waals surface area contributed by atoms with Crippen molar-refractivity contribution in [2.45, 2.75) is 5.75 Å². The van der Waals surface area contributed by atoms with Crippen LogP contribution in [0, 0.1) is 10.1 Å². The third kappa shape index (κ3) is 4.06. The van der Waals surface area contributed by atoms with Crippen molar-refractivity contribution < 1.29 is 13.3 Å². The van der Waals surface area contributed by atoms with Gasteiger partial charge < -0.3 is 5.73 Å². The van der Waals surface area contributed by atoms with Gasteiger partial charge >= 0.3 is 0 Å². The van der Waals surface area contributed by atoms with Crippen molar-refractivity contribution in [2.75, 3.05) is 12.3 Å². The largest absolute Gasteiger partial charge is 0.329 e. The molecule has 17 heavy (non-hydrogen) atoms. The maximum absolute atomic E-state index is 11.5. The minimum absolute atomic E-state index is 0.00661. The Morgan fingerprint density at radius 3 is 2.59 bits per heavy atom. The highest BCUT2D eigenvalue weighted by Crippen LogP contribution is 2.25. The third-order valence-electron chi connectivity index (χ3n) is 2.05. The molecule has 0 unspecified atom stereocenters. The first-order valence-corrected chi connectivity index (χ1v) is 7.30. The van der Waals surface area contributed by atoms with Gasteiger partial charge in [-0.1, -0.05) is 22.0 Å². The summed E-state index contributed by atoms with van der Waals surface area (Å²) in [7, 11) is -3.40. The molecule has 0 saturated heterocycles. The van der Waals surface area contributed by atoms with Gasteiger partial charge in [-0.15, -0.1) is 0 Å². The number of sulfone groups is 1. The van der Waals surface area contributed by atoms with Gasteiger partial charge in [-0.05, 0) is 6.07 Å². The van der Waals surface area contributed by atoms with Crippen LogP contribution >= 0.6 is 15.9 Å². The lowest BCUT2D eigenvalue weighted by atomic mass is 10.2. The van der Waals surface area contributed by atoms with Gasteiger partial charge in [0.15, 0.2) is 9.84 Å². The fourth-order valence-corrected chi connectivity index (χ4v) is 2.89. The van der Waals surface area contributed by atoms with Crippen LogP contribution in [-0.4, -0.2) is 25.6 Å².